The number of nitrogens with zero attached hydrogens (tertiary/aromatic N) is 3. The van der Waals surface area contributed by atoms with Crippen molar-refractivity contribution in [1.29, 1.82) is 4.78 Å². The van der Waals surface area contributed by atoms with Crippen LogP contribution in [0.15, 0.2) is 35.4 Å². The maximum atomic E-state index is 14.0. The Morgan fingerprint density at radius 1 is 1.11 bits per heavy atom. The van der Waals surface area contributed by atoms with Crippen LogP contribution < -0.4 is 15.1 Å². The van der Waals surface area contributed by atoms with Crippen LogP contribution in [-0.2, 0) is 9.73 Å². The van der Waals surface area contributed by atoms with E-state index in [9.17, 15) is 26.6 Å². The van der Waals surface area contributed by atoms with Crippen LogP contribution in [0.3, 0.4) is 0 Å². The van der Waals surface area contributed by atoms with E-state index in [0.717, 1.165) is 0 Å². The fourth-order valence-electron chi connectivity index (χ4n) is 4.38. The topological polar surface area (TPSA) is 89.4 Å². The second-order valence-electron chi connectivity index (χ2n) is 9.20. The minimum Gasteiger partial charge on any atom is -0.358 e. The van der Waals surface area contributed by atoms with E-state index in [4.69, 9.17) is 4.78 Å². The summed E-state index contributed by atoms with van der Waals surface area (Å²) >= 11 is 0. The van der Waals surface area contributed by atoms with Crippen LogP contribution in [0.25, 0.3) is 0 Å². The Morgan fingerprint density at radius 2 is 1.83 bits per heavy atom. The third-order valence-corrected chi connectivity index (χ3v) is 7.42. The van der Waals surface area contributed by atoms with Crippen molar-refractivity contribution in [1.82, 2.24) is 4.98 Å². The minimum absolute atomic E-state index is 0.00687. The molecule has 1 atom stereocenters. The van der Waals surface area contributed by atoms with Gasteiger partial charge in [-0.3, -0.25) is 4.79 Å². The Bertz CT molecular complexity index is 1240. The van der Waals surface area contributed by atoms with Crippen molar-refractivity contribution in [2.45, 2.75) is 42.9 Å². The van der Waals surface area contributed by atoms with Gasteiger partial charge in [0.1, 0.15) is 5.82 Å². The van der Waals surface area contributed by atoms with Gasteiger partial charge in [0, 0.05) is 42.8 Å². The Hall–Kier alpha value is -2.89. The van der Waals surface area contributed by atoms with Gasteiger partial charge in [-0.25, -0.2) is 31.5 Å². The van der Waals surface area contributed by atoms with Crippen LogP contribution in [-0.4, -0.2) is 59.4 Å². The van der Waals surface area contributed by atoms with Gasteiger partial charge in [-0.15, -0.1) is 0 Å². The highest BCUT2D eigenvalue weighted by Gasteiger charge is 2.45. The van der Waals surface area contributed by atoms with Crippen molar-refractivity contribution >= 4 is 32.8 Å². The number of amides is 1. The maximum Gasteiger partial charge on any atom is 0.282 e. The number of hydrogen-bond acceptors (Lipinski definition) is 6. The number of carbonyl (C=O) groups excluding carboxylic acids is 1. The number of aromatic nitrogens is 1. The second kappa shape index (κ2) is 8.96. The van der Waals surface area contributed by atoms with Crippen molar-refractivity contribution in [3.05, 3.63) is 41.6 Å². The first-order chi connectivity index (χ1) is 16.3. The molecule has 2 aromatic rings. The number of hydrogen-bond donors (Lipinski definition) is 2. The molecule has 0 aliphatic carbocycles. The summed E-state index contributed by atoms with van der Waals surface area (Å²) in [6.07, 6.45) is 2.24. The molecule has 12 heteroatoms. The van der Waals surface area contributed by atoms with Gasteiger partial charge in [0.2, 0.25) is 5.92 Å². The first-order valence-corrected chi connectivity index (χ1v) is 13.1. The SMILES string of the molecule is Cc1c(N2CC(F)(F)C2)cnc(N2CCCC(F)(F)CC2)c1C(=O)Nc1cccc([S@](C)(=N)=O)c1. The summed E-state index contributed by atoms with van der Waals surface area (Å²) < 4.78 is 74.9. The van der Waals surface area contributed by atoms with E-state index >= 15 is 0 Å². The van der Waals surface area contributed by atoms with Gasteiger partial charge in [-0.1, -0.05) is 6.07 Å². The smallest absolute Gasteiger partial charge is 0.282 e. The predicted octanol–water partition coefficient (Wildman–Crippen LogP) is 4.76. The molecule has 0 unspecified atom stereocenters. The molecule has 2 aliphatic heterocycles. The third-order valence-electron chi connectivity index (χ3n) is 6.26. The number of alkyl halides is 4. The zero-order chi connectivity index (χ0) is 25.6. The van der Waals surface area contributed by atoms with Gasteiger partial charge in [0.15, 0.2) is 0 Å². The number of rotatable bonds is 5. The minimum atomic E-state index is -3.02. The number of anilines is 3. The molecule has 1 aromatic heterocycles. The molecular weight excluding hydrogens is 486 g/mol. The predicted molar refractivity (Wildman–Crippen MR) is 127 cm³/mol. The summed E-state index contributed by atoms with van der Waals surface area (Å²) in [5.74, 6) is -6.02. The van der Waals surface area contributed by atoms with Gasteiger partial charge in [-0.05, 0) is 37.1 Å². The fraction of sp³-hybridized carbons (Fsp3) is 0.478. The highest BCUT2D eigenvalue weighted by Crippen LogP contribution is 2.38. The quantitative estimate of drug-likeness (QED) is 0.563. The second-order valence-corrected chi connectivity index (χ2v) is 11.4. The number of benzene rings is 1. The lowest BCUT2D eigenvalue weighted by Crippen LogP contribution is -2.56. The molecule has 1 aromatic carbocycles. The fourth-order valence-corrected chi connectivity index (χ4v) is 5.07. The van der Waals surface area contributed by atoms with Crippen molar-refractivity contribution in [2.24, 2.45) is 0 Å². The summed E-state index contributed by atoms with van der Waals surface area (Å²) in [5.41, 5.74) is 1.19. The number of carbonyl (C=O) groups is 1. The largest absolute Gasteiger partial charge is 0.358 e. The lowest BCUT2D eigenvalue weighted by Gasteiger charge is -2.41. The lowest BCUT2D eigenvalue weighted by atomic mass is 10.0. The van der Waals surface area contributed by atoms with E-state index in [-0.39, 0.29) is 48.6 Å². The molecule has 4 rings (SSSR count). The van der Waals surface area contributed by atoms with E-state index in [1.807, 2.05) is 0 Å². The van der Waals surface area contributed by atoms with Gasteiger partial charge in [-0.2, -0.15) is 0 Å². The lowest BCUT2D eigenvalue weighted by molar-refractivity contribution is -0.0263. The molecule has 0 radical (unpaired) electrons. The Kier molecular flexibility index (Phi) is 6.45. The van der Waals surface area contributed by atoms with Crippen LogP contribution in [0.4, 0.5) is 34.8 Å². The average Bonchev–Trinajstić information content (AvgIpc) is 2.91. The van der Waals surface area contributed by atoms with Crippen LogP contribution >= 0.6 is 0 Å². The molecule has 0 saturated carbocycles. The summed E-state index contributed by atoms with van der Waals surface area (Å²) in [5, 5.41) is 2.71. The summed E-state index contributed by atoms with van der Waals surface area (Å²) in [6.45, 7) is 0.894. The van der Waals surface area contributed by atoms with Crippen molar-refractivity contribution in [2.75, 3.05) is 47.6 Å². The molecule has 190 valence electrons. The van der Waals surface area contributed by atoms with Gasteiger partial charge >= 0.3 is 0 Å². The molecule has 0 spiro atoms. The Balaban J connectivity index is 1.71. The molecule has 2 fully saturated rings. The van der Waals surface area contributed by atoms with Crippen LogP contribution in [0.5, 0.6) is 0 Å². The summed E-state index contributed by atoms with van der Waals surface area (Å²) in [7, 11) is -3.02. The van der Waals surface area contributed by atoms with E-state index in [0.29, 0.717) is 16.9 Å². The third kappa shape index (κ3) is 5.52. The average molecular weight is 514 g/mol. The molecule has 0 bridgehead atoms. The summed E-state index contributed by atoms with van der Waals surface area (Å²) in [6, 6.07) is 6.08. The van der Waals surface area contributed by atoms with Crippen LogP contribution in [0, 0.1) is 11.7 Å². The van der Waals surface area contributed by atoms with Crippen LogP contribution in [0.2, 0.25) is 0 Å². The van der Waals surface area contributed by atoms with Crippen LogP contribution in [0.1, 0.15) is 35.2 Å². The molecule has 2 aliphatic rings. The zero-order valence-corrected chi connectivity index (χ0v) is 20.2. The van der Waals surface area contributed by atoms with Crippen molar-refractivity contribution in [3.8, 4) is 0 Å². The number of halogens is 4. The maximum absolute atomic E-state index is 14.0. The Labute approximate surface area is 201 Å². The zero-order valence-electron chi connectivity index (χ0n) is 19.4. The monoisotopic (exact) mass is 513 g/mol. The van der Waals surface area contributed by atoms with E-state index in [2.05, 4.69) is 10.3 Å². The first-order valence-electron chi connectivity index (χ1n) is 11.2. The molecule has 7 nitrogen and oxygen atoms in total. The summed E-state index contributed by atoms with van der Waals surface area (Å²) in [4.78, 5) is 21.1. The normalized spacial score (nSPS) is 21.0. The van der Waals surface area contributed by atoms with Crippen molar-refractivity contribution < 1.29 is 26.6 Å². The highest BCUT2D eigenvalue weighted by molar-refractivity contribution is 7.91. The number of nitrogens with one attached hydrogen (secondary N) is 2. The molecule has 3 heterocycles. The van der Waals surface area contributed by atoms with E-state index < -0.39 is 40.6 Å². The van der Waals surface area contributed by atoms with Gasteiger partial charge in [0.25, 0.3) is 11.8 Å². The highest BCUT2D eigenvalue weighted by atomic mass is 32.2. The Morgan fingerprint density at radius 3 is 2.49 bits per heavy atom. The molecule has 1 amide bonds. The molecular formula is C23H27F4N5O2S. The van der Waals surface area contributed by atoms with Crippen molar-refractivity contribution in [3.63, 3.8) is 0 Å². The van der Waals surface area contributed by atoms with Gasteiger partial charge < -0.3 is 15.1 Å². The molecule has 2 saturated heterocycles. The van der Waals surface area contributed by atoms with Gasteiger partial charge in [0.05, 0.1) is 40.3 Å². The molecule has 2 N–H and O–H groups in total. The number of pyridine rings is 1. The van der Waals surface area contributed by atoms with E-state index in [1.165, 1.54) is 29.5 Å². The van der Waals surface area contributed by atoms with E-state index in [1.54, 1.807) is 24.0 Å². The standard InChI is InChI=1S/C23H27F4N5O2S/c1-15-18(32-13-23(26,27)14-32)12-29-20(31-9-4-7-22(24,25)8-10-31)19(15)21(33)30-16-5-3-6-17(11-16)35(2,28)34/h3,5-6,11-12,28H,4,7-10,13-14H2,1-2H3,(H,30,33)/t35-/m1/s1. The first kappa shape index (κ1) is 25.2. The molecule has 35 heavy (non-hydrogen) atoms.